The number of aliphatic imine (C=N–C) groups is 1. The third-order valence-electron chi connectivity index (χ3n) is 5.29. The zero-order valence-corrected chi connectivity index (χ0v) is 19.2. The normalized spacial score (nSPS) is 14.9. The molecule has 1 atom stereocenters. The summed E-state index contributed by atoms with van der Waals surface area (Å²) in [6.45, 7) is 0.470. The van der Waals surface area contributed by atoms with Crippen molar-refractivity contribution in [1.29, 1.82) is 0 Å². The Labute approximate surface area is 205 Å². The predicted octanol–water partition coefficient (Wildman–Crippen LogP) is 4.90. The van der Waals surface area contributed by atoms with Gasteiger partial charge in [0, 0.05) is 16.8 Å². The Bertz CT molecular complexity index is 1400. The molecule has 0 spiro atoms. The van der Waals surface area contributed by atoms with Gasteiger partial charge in [-0.25, -0.2) is 19.4 Å². The molecule has 178 valence electrons. The van der Waals surface area contributed by atoms with Crippen LogP contribution in [0.2, 0.25) is 5.02 Å². The molecule has 4 aromatic rings. The van der Waals surface area contributed by atoms with Crippen LogP contribution in [0.3, 0.4) is 0 Å². The molecule has 3 aromatic carbocycles. The van der Waals surface area contributed by atoms with E-state index in [1.54, 1.807) is 24.3 Å². The Hall–Kier alpha value is -3.95. The number of aliphatic hydroxyl groups is 1. The number of aromatic nitrogens is 2. The molecule has 1 aliphatic heterocycles. The van der Waals surface area contributed by atoms with Crippen LogP contribution >= 0.6 is 11.6 Å². The van der Waals surface area contributed by atoms with Gasteiger partial charge < -0.3 is 25.2 Å². The van der Waals surface area contributed by atoms with Crippen LogP contribution in [-0.4, -0.2) is 40.4 Å². The van der Waals surface area contributed by atoms with Crippen molar-refractivity contribution in [3.63, 3.8) is 0 Å². The number of hydrogen-bond acceptors (Lipinski definition) is 8. The summed E-state index contributed by atoms with van der Waals surface area (Å²) in [6.07, 6.45) is 1.48. The highest BCUT2D eigenvalue weighted by Crippen LogP contribution is 2.31. The third kappa shape index (κ3) is 5.42. The van der Waals surface area contributed by atoms with Crippen LogP contribution in [0.1, 0.15) is 5.56 Å². The van der Waals surface area contributed by atoms with Gasteiger partial charge in [-0.2, -0.15) is 0 Å². The van der Waals surface area contributed by atoms with Crippen LogP contribution in [0, 0.1) is 5.82 Å². The summed E-state index contributed by atoms with van der Waals surface area (Å²) >= 11 is 6.43. The minimum atomic E-state index is -0.315. The molecule has 3 N–H and O–H groups in total. The molecule has 35 heavy (non-hydrogen) atoms. The quantitative estimate of drug-likeness (QED) is 0.336. The first-order valence-electron chi connectivity index (χ1n) is 10.8. The first-order valence-corrected chi connectivity index (χ1v) is 11.2. The summed E-state index contributed by atoms with van der Waals surface area (Å²) in [5.41, 5.74) is 2.91. The maximum Gasteiger partial charge on any atom is 0.289 e. The van der Waals surface area contributed by atoms with Gasteiger partial charge in [0.15, 0.2) is 0 Å². The van der Waals surface area contributed by atoms with E-state index in [1.165, 1.54) is 18.5 Å². The van der Waals surface area contributed by atoms with Crippen molar-refractivity contribution in [1.82, 2.24) is 9.97 Å². The molecule has 0 saturated carbocycles. The summed E-state index contributed by atoms with van der Waals surface area (Å²) in [5, 5.41) is 16.8. The van der Waals surface area contributed by atoms with E-state index in [9.17, 15) is 9.50 Å². The molecule has 1 unspecified atom stereocenters. The highest BCUT2D eigenvalue weighted by Gasteiger charge is 2.18. The minimum Gasteiger partial charge on any atom is -0.487 e. The van der Waals surface area contributed by atoms with Crippen molar-refractivity contribution in [2.24, 2.45) is 4.99 Å². The lowest BCUT2D eigenvalue weighted by Gasteiger charge is -2.13. The lowest BCUT2D eigenvalue weighted by Crippen LogP contribution is -2.12. The molecule has 0 saturated heterocycles. The maximum atomic E-state index is 13.4. The highest BCUT2D eigenvalue weighted by molar-refractivity contribution is 6.32. The van der Waals surface area contributed by atoms with Gasteiger partial charge in [0.25, 0.3) is 6.02 Å². The van der Waals surface area contributed by atoms with Gasteiger partial charge >= 0.3 is 0 Å². The number of hydrogen-bond donors (Lipinski definition) is 3. The standard InChI is InChI=1S/C25H21ClFN5O3/c26-21-10-18(5-7-23(21)34-12-15-2-1-3-16(27)8-15)30-24-20-9-17(4-6-22(20)28-14-29-24)31-25-32-19(11-33)13-35-25/h1-10,14,19,33H,11-13H2,(H,31,32)(H,28,29,30). The van der Waals surface area contributed by atoms with Crippen molar-refractivity contribution in [3.05, 3.63) is 83.4 Å². The fraction of sp³-hybridized carbons (Fsp3) is 0.160. The summed E-state index contributed by atoms with van der Waals surface area (Å²) < 4.78 is 24.6. The molecule has 1 aromatic heterocycles. The smallest absolute Gasteiger partial charge is 0.289 e. The second-order valence-electron chi connectivity index (χ2n) is 7.85. The number of ether oxygens (including phenoxy) is 2. The van der Waals surface area contributed by atoms with Gasteiger partial charge in [-0.05, 0) is 54.1 Å². The molecule has 0 amide bonds. The first kappa shape index (κ1) is 22.8. The summed E-state index contributed by atoms with van der Waals surface area (Å²) in [5.74, 6) is 0.759. The van der Waals surface area contributed by atoms with Crippen LogP contribution < -0.4 is 15.4 Å². The average molecular weight is 494 g/mol. The molecule has 0 aliphatic carbocycles. The lowest BCUT2D eigenvalue weighted by atomic mass is 10.2. The number of amidine groups is 1. The van der Waals surface area contributed by atoms with Crippen LogP contribution in [0.15, 0.2) is 72.0 Å². The van der Waals surface area contributed by atoms with Gasteiger partial charge in [0.05, 0.1) is 17.1 Å². The van der Waals surface area contributed by atoms with Crippen LogP contribution in [0.25, 0.3) is 10.9 Å². The molecule has 2 heterocycles. The van der Waals surface area contributed by atoms with Crippen molar-refractivity contribution < 1.29 is 19.0 Å². The van der Waals surface area contributed by atoms with E-state index in [0.717, 1.165) is 16.6 Å². The number of nitrogens with one attached hydrogen (secondary N) is 2. The van der Waals surface area contributed by atoms with E-state index in [4.69, 9.17) is 21.1 Å². The van der Waals surface area contributed by atoms with E-state index in [1.807, 2.05) is 24.3 Å². The number of fused-ring (bicyclic) bond motifs is 1. The summed E-state index contributed by atoms with van der Waals surface area (Å²) in [4.78, 5) is 13.0. The predicted molar refractivity (Wildman–Crippen MR) is 133 cm³/mol. The zero-order chi connectivity index (χ0) is 24.2. The van der Waals surface area contributed by atoms with E-state index < -0.39 is 0 Å². The van der Waals surface area contributed by atoms with Crippen LogP contribution in [-0.2, 0) is 11.3 Å². The Morgan fingerprint density at radius 2 is 1.91 bits per heavy atom. The van der Waals surface area contributed by atoms with Gasteiger partial charge in [-0.3, -0.25) is 0 Å². The maximum absolute atomic E-state index is 13.4. The SMILES string of the molecule is OCC1COC(Nc2ccc3ncnc(Nc4ccc(OCc5cccc(F)c5)c(Cl)c4)c3c2)=N1. The van der Waals surface area contributed by atoms with E-state index >= 15 is 0 Å². The molecule has 0 bridgehead atoms. The number of halogens is 2. The van der Waals surface area contributed by atoms with E-state index in [2.05, 4.69) is 25.6 Å². The van der Waals surface area contributed by atoms with E-state index in [0.29, 0.717) is 40.5 Å². The van der Waals surface area contributed by atoms with Crippen molar-refractivity contribution >= 4 is 45.7 Å². The van der Waals surface area contributed by atoms with Gasteiger partial charge in [0.2, 0.25) is 0 Å². The fourth-order valence-electron chi connectivity index (χ4n) is 3.56. The van der Waals surface area contributed by atoms with Crippen molar-refractivity contribution in [3.8, 4) is 5.75 Å². The Kier molecular flexibility index (Phi) is 6.60. The highest BCUT2D eigenvalue weighted by atomic mass is 35.5. The van der Waals surface area contributed by atoms with Crippen molar-refractivity contribution in [2.75, 3.05) is 23.8 Å². The van der Waals surface area contributed by atoms with Gasteiger partial charge in [0.1, 0.15) is 43.0 Å². The molecule has 8 nitrogen and oxygen atoms in total. The second-order valence-corrected chi connectivity index (χ2v) is 8.26. The Morgan fingerprint density at radius 1 is 1.06 bits per heavy atom. The third-order valence-corrected chi connectivity index (χ3v) is 5.58. The number of nitrogens with zero attached hydrogens (tertiary/aromatic N) is 3. The second kappa shape index (κ2) is 10.1. The van der Waals surface area contributed by atoms with E-state index in [-0.39, 0.29) is 25.1 Å². The number of rotatable bonds is 7. The number of benzene rings is 3. The molecule has 0 radical (unpaired) electrons. The molecular weight excluding hydrogens is 473 g/mol. The number of anilines is 3. The fourth-order valence-corrected chi connectivity index (χ4v) is 3.79. The monoisotopic (exact) mass is 493 g/mol. The number of aliphatic hydroxyl groups excluding tert-OH is 1. The summed E-state index contributed by atoms with van der Waals surface area (Å²) in [6, 6.07) is 17.2. The van der Waals surface area contributed by atoms with Crippen LogP contribution in [0.5, 0.6) is 5.75 Å². The first-order chi connectivity index (χ1) is 17.1. The van der Waals surface area contributed by atoms with Crippen molar-refractivity contribution in [2.45, 2.75) is 12.6 Å². The Morgan fingerprint density at radius 3 is 2.71 bits per heavy atom. The lowest BCUT2D eigenvalue weighted by molar-refractivity contribution is 0.227. The zero-order valence-electron chi connectivity index (χ0n) is 18.4. The molecule has 5 rings (SSSR count). The molecule has 0 fully saturated rings. The minimum absolute atomic E-state index is 0.0675. The Balaban J connectivity index is 1.32. The summed E-state index contributed by atoms with van der Waals surface area (Å²) in [7, 11) is 0. The molecule has 10 heteroatoms. The largest absolute Gasteiger partial charge is 0.487 e. The molecular formula is C25H21ClFN5O3. The van der Waals surface area contributed by atoms with Gasteiger partial charge in [-0.15, -0.1) is 0 Å². The average Bonchev–Trinajstić information content (AvgIpc) is 3.31. The van der Waals surface area contributed by atoms with Crippen LogP contribution in [0.4, 0.5) is 21.6 Å². The molecule has 1 aliphatic rings. The topological polar surface area (TPSA) is 101 Å². The van der Waals surface area contributed by atoms with Gasteiger partial charge in [-0.1, -0.05) is 23.7 Å².